The molecule has 0 amide bonds. The maximum Gasteiger partial charge on any atom is 0.108 e. The Hall–Kier alpha value is -0.760. The average Bonchev–Trinajstić information content (AvgIpc) is 2.58. The van der Waals surface area contributed by atoms with Gasteiger partial charge in [-0.1, -0.05) is 0 Å². The predicted octanol–water partition coefficient (Wildman–Crippen LogP) is 2.13. The zero-order chi connectivity index (χ0) is 8.55. The molecule has 1 aliphatic rings. The van der Waals surface area contributed by atoms with Gasteiger partial charge in [0.1, 0.15) is 5.76 Å². The fraction of sp³-hybridized carbons (Fsp3) is 0.600. The Kier molecular flexibility index (Phi) is 1.93. The van der Waals surface area contributed by atoms with Crippen LogP contribution >= 0.6 is 0 Å². The normalized spacial score (nSPS) is 35.7. The summed E-state index contributed by atoms with van der Waals surface area (Å²) in [6.07, 6.45) is 2.94. The van der Waals surface area contributed by atoms with Gasteiger partial charge in [0.25, 0.3) is 0 Å². The lowest BCUT2D eigenvalue weighted by atomic mass is 9.98. The van der Waals surface area contributed by atoms with Gasteiger partial charge in [0.2, 0.25) is 0 Å². The smallest absolute Gasteiger partial charge is 0.108 e. The molecule has 2 heteroatoms. The van der Waals surface area contributed by atoms with Crippen molar-refractivity contribution in [1.82, 2.24) is 5.32 Å². The number of hydrogen-bond donors (Lipinski definition) is 1. The van der Waals surface area contributed by atoms with Crippen LogP contribution in [0, 0.1) is 0 Å². The van der Waals surface area contributed by atoms with Crippen LogP contribution in [-0.4, -0.2) is 12.1 Å². The highest BCUT2D eigenvalue weighted by molar-refractivity contribution is 5.11. The highest BCUT2D eigenvalue weighted by Crippen LogP contribution is 2.30. The van der Waals surface area contributed by atoms with Crippen LogP contribution in [0.5, 0.6) is 0 Å². The molecular formula is C10H15NO. The highest BCUT2D eigenvalue weighted by Gasteiger charge is 2.30. The lowest BCUT2D eigenvalue weighted by Crippen LogP contribution is -2.25. The summed E-state index contributed by atoms with van der Waals surface area (Å²) >= 11 is 0. The first kappa shape index (κ1) is 7.87. The molecule has 66 valence electrons. The molecule has 12 heavy (non-hydrogen) atoms. The zero-order valence-electron chi connectivity index (χ0n) is 7.58. The van der Waals surface area contributed by atoms with E-state index in [0.717, 1.165) is 5.76 Å². The molecule has 1 aliphatic heterocycles. The summed E-state index contributed by atoms with van der Waals surface area (Å²) < 4.78 is 5.40. The average molecular weight is 165 g/mol. The molecule has 1 fully saturated rings. The third-order valence-corrected chi connectivity index (χ3v) is 2.67. The molecule has 0 bridgehead atoms. The predicted molar refractivity (Wildman–Crippen MR) is 48.1 cm³/mol. The minimum absolute atomic E-state index is 0.547. The standard InChI is InChI=1S/C10H15NO/c1-7-6-9(8(2)11-7)10-4-3-5-12-10/h3-5,7-9,11H,6H2,1-2H3. The van der Waals surface area contributed by atoms with Crippen molar-refractivity contribution in [3.05, 3.63) is 24.2 Å². The van der Waals surface area contributed by atoms with Crippen LogP contribution in [0.4, 0.5) is 0 Å². The number of hydrogen-bond acceptors (Lipinski definition) is 2. The molecule has 1 N–H and O–H groups in total. The topological polar surface area (TPSA) is 25.2 Å². The van der Waals surface area contributed by atoms with Crippen molar-refractivity contribution < 1.29 is 4.42 Å². The first-order valence-electron chi connectivity index (χ1n) is 4.57. The molecule has 0 saturated carbocycles. The second kappa shape index (κ2) is 2.94. The number of rotatable bonds is 1. The van der Waals surface area contributed by atoms with Crippen molar-refractivity contribution in [2.45, 2.75) is 38.3 Å². The Labute approximate surface area is 73.0 Å². The van der Waals surface area contributed by atoms with Gasteiger partial charge in [-0.25, -0.2) is 0 Å². The largest absolute Gasteiger partial charge is 0.469 e. The van der Waals surface area contributed by atoms with Crippen LogP contribution in [0.2, 0.25) is 0 Å². The van der Waals surface area contributed by atoms with Gasteiger partial charge in [0, 0.05) is 18.0 Å². The van der Waals surface area contributed by atoms with Crippen LogP contribution in [0.1, 0.15) is 31.9 Å². The minimum Gasteiger partial charge on any atom is -0.469 e. The van der Waals surface area contributed by atoms with Crippen molar-refractivity contribution in [2.75, 3.05) is 0 Å². The van der Waals surface area contributed by atoms with Gasteiger partial charge in [-0.05, 0) is 32.4 Å². The van der Waals surface area contributed by atoms with Crippen molar-refractivity contribution >= 4 is 0 Å². The molecule has 0 aliphatic carbocycles. The lowest BCUT2D eigenvalue weighted by molar-refractivity contribution is 0.442. The Morgan fingerprint density at radius 1 is 1.50 bits per heavy atom. The third kappa shape index (κ3) is 1.27. The Balaban J connectivity index is 2.15. The molecule has 0 radical (unpaired) electrons. The molecule has 3 unspecified atom stereocenters. The summed E-state index contributed by atoms with van der Waals surface area (Å²) in [5.41, 5.74) is 0. The van der Waals surface area contributed by atoms with Gasteiger partial charge in [-0.15, -0.1) is 0 Å². The van der Waals surface area contributed by atoms with Gasteiger partial charge < -0.3 is 9.73 Å². The van der Waals surface area contributed by atoms with Crippen molar-refractivity contribution in [3.63, 3.8) is 0 Å². The Bertz CT molecular complexity index is 242. The van der Waals surface area contributed by atoms with Crippen LogP contribution in [-0.2, 0) is 0 Å². The van der Waals surface area contributed by atoms with Crippen molar-refractivity contribution in [3.8, 4) is 0 Å². The van der Waals surface area contributed by atoms with E-state index in [4.69, 9.17) is 4.42 Å². The Morgan fingerprint density at radius 3 is 2.83 bits per heavy atom. The van der Waals surface area contributed by atoms with Crippen LogP contribution in [0.3, 0.4) is 0 Å². The van der Waals surface area contributed by atoms with E-state index in [-0.39, 0.29) is 0 Å². The molecule has 3 atom stereocenters. The summed E-state index contributed by atoms with van der Waals surface area (Å²) in [6, 6.07) is 5.20. The first-order valence-corrected chi connectivity index (χ1v) is 4.57. The van der Waals surface area contributed by atoms with Crippen LogP contribution in [0.15, 0.2) is 22.8 Å². The van der Waals surface area contributed by atoms with Crippen molar-refractivity contribution in [1.29, 1.82) is 0 Å². The second-order valence-corrected chi connectivity index (χ2v) is 3.71. The van der Waals surface area contributed by atoms with Gasteiger partial charge in [-0.3, -0.25) is 0 Å². The van der Waals surface area contributed by atoms with Gasteiger partial charge >= 0.3 is 0 Å². The summed E-state index contributed by atoms with van der Waals surface area (Å²) in [7, 11) is 0. The van der Waals surface area contributed by atoms with E-state index in [0.29, 0.717) is 18.0 Å². The SMILES string of the molecule is CC1CC(c2ccco2)C(C)N1. The molecule has 2 nitrogen and oxygen atoms in total. The highest BCUT2D eigenvalue weighted by atomic mass is 16.3. The monoisotopic (exact) mass is 165 g/mol. The maximum absolute atomic E-state index is 5.40. The van der Waals surface area contributed by atoms with E-state index < -0.39 is 0 Å². The zero-order valence-corrected chi connectivity index (χ0v) is 7.58. The van der Waals surface area contributed by atoms with E-state index in [9.17, 15) is 0 Å². The number of furan rings is 1. The van der Waals surface area contributed by atoms with E-state index in [1.807, 2.05) is 6.07 Å². The molecular weight excluding hydrogens is 150 g/mol. The van der Waals surface area contributed by atoms with E-state index in [2.05, 4.69) is 25.2 Å². The molecule has 1 saturated heterocycles. The van der Waals surface area contributed by atoms with Gasteiger partial charge in [0.05, 0.1) is 6.26 Å². The first-order chi connectivity index (χ1) is 5.77. The van der Waals surface area contributed by atoms with Crippen LogP contribution < -0.4 is 5.32 Å². The van der Waals surface area contributed by atoms with Gasteiger partial charge in [-0.2, -0.15) is 0 Å². The molecule has 2 rings (SSSR count). The fourth-order valence-electron chi connectivity index (χ4n) is 2.08. The van der Waals surface area contributed by atoms with Gasteiger partial charge in [0.15, 0.2) is 0 Å². The van der Waals surface area contributed by atoms with E-state index in [1.165, 1.54) is 6.42 Å². The summed E-state index contributed by atoms with van der Waals surface area (Å²) in [6.45, 7) is 4.44. The third-order valence-electron chi connectivity index (χ3n) is 2.67. The Morgan fingerprint density at radius 2 is 2.33 bits per heavy atom. The molecule has 1 aromatic rings. The lowest BCUT2D eigenvalue weighted by Gasteiger charge is -2.10. The second-order valence-electron chi connectivity index (χ2n) is 3.71. The number of nitrogens with one attached hydrogen (secondary N) is 1. The summed E-state index contributed by atoms with van der Waals surface area (Å²) in [5, 5.41) is 3.50. The molecule has 0 aromatic carbocycles. The van der Waals surface area contributed by atoms with E-state index in [1.54, 1.807) is 6.26 Å². The van der Waals surface area contributed by atoms with Crippen LogP contribution in [0.25, 0.3) is 0 Å². The van der Waals surface area contributed by atoms with Crippen molar-refractivity contribution in [2.24, 2.45) is 0 Å². The summed E-state index contributed by atoms with van der Waals surface area (Å²) in [4.78, 5) is 0. The fourth-order valence-corrected chi connectivity index (χ4v) is 2.08. The molecule has 0 spiro atoms. The van der Waals surface area contributed by atoms with E-state index >= 15 is 0 Å². The quantitative estimate of drug-likeness (QED) is 0.689. The minimum atomic E-state index is 0.547. The summed E-state index contributed by atoms with van der Waals surface area (Å²) in [5.74, 6) is 1.69. The molecule has 2 heterocycles. The molecule has 1 aromatic heterocycles. The maximum atomic E-state index is 5.40.